The highest BCUT2D eigenvalue weighted by Crippen LogP contribution is 2.59. The third kappa shape index (κ3) is 1.73. The minimum atomic E-state index is -2.94. The summed E-state index contributed by atoms with van der Waals surface area (Å²) in [5.41, 5.74) is 0.346. The molecule has 19 heavy (non-hydrogen) atoms. The van der Waals surface area contributed by atoms with Gasteiger partial charge in [-0.1, -0.05) is 60.7 Å². The molecule has 2 aromatic rings. The zero-order valence-corrected chi connectivity index (χ0v) is 10.2. The molecule has 0 unspecified atom stereocenters. The number of rotatable bonds is 2. The molecule has 0 radical (unpaired) electrons. The van der Waals surface area contributed by atoms with Crippen molar-refractivity contribution >= 4 is 0 Å². The summed E-state index contributed by atoms with van der Waals surface area (Å²) < 4.78 is 73.9. The predicted octanol–water partition coefficient (Wildman–Crippen LogP) is 3.83. The maximum atomic E-state index is 9.19. The molecule has 1 heteroatoms. The van der Waals surface area contributed by atoms with E-state index in [4.69, 9.17) is 13.0 Å². The normalized spacial score (nSPS) is 59.6. The molecule has 2 aliphatic rings. The molecule has 0 spiro atoms. The van der Waals surface area contributed by atoms with Gasteiger partial charge in [0.2, 0.25) is 0 Å². The highest BCUT2D eigenvalue weighted by atomic mass is 16.5. The molecule has 0 amide bonds. The molecule has 1 aliphatic carbocycles. The summed E-state index contributed by atoms with van der Waals surface area (Å²) in [6, 6.07) is 15.9. The summed E-state index contributed by atoms with van der Waals surface area (Å²) >= 11 is 0. The Morgan fingerprint density at radius 2 is 1.21 bits per heavy atom. The predicted molar refractivity (Wildman–Crippen MR) is 76.2 cm³/mol. The van der Waals surface area contributed by atoms with E-state index in [1.165, 1.54) is 24.3 Å². The van der Waals surface area contributed by atoms with Gasteiger partial charge >= 0.3 is 0 Å². The van der Waals surface area contributed by atoms with E-state index in [0.29, 0.717) is 0 Å². The van der Waals surface area contributed by atoms with Crippen molar-refractivity contribution in [1.29, 1.82) is 0 Å². The minimum Gasteiger partial charge on any atom is -0.381 e. The van der Waals surface area contributed by atoms with Crippen LogP contribution in [0.25, 0.3) is 0 Å². The summed E-state index contributed by atoms with van der Waals surface area (Å²) in [6.07, 6.45) is 0. The molecule has 1 aliphatic heterocycles. The molecular weight excluding hydrogens is 232 g/mol. The van der Waals surface area contributed by atoms with Crippen molar-refractivity contribution < 1.29 is 15.7 Å². The molecule has 0 bridgehead atoms. The van der Waals surface area contributed by atoms with E-state index in [9.17, 15) is 2.74 Å². The second kappa shape index (κ2) is 4.50. The largest absolute Gasteiger partial charge is 0.381 e. The molecule has 1 nitrogen and oxygen atoms in total. The van der Waals surface area contributed by atoms with E-state index in [-0.39, 0.29) is 11.1 Å². The van der Waals surface area contributed by atoms with Crippen LogP contribution in [0.1, 0.15) is 33.9 Å². The van der Waals surface area contributed by atoms with Gasteiger partial charge in [0.15, 0.2) is 0 Å². The summed E-state index contributed by atoms with van der Waals surface area (Å²) in [6.45, 7) is -5.87. The maximum Gasteiger partial charge on any atom is 0.0570 e. The average molecular weight is 258 g/mol. The SMILES string of the molecule is [2H]C1([2H])OC([2H])([2H])[C@]2([2H])[C@@]([2H])(c3ccccc3)[C@@]([2H])(c3ccccc3)[C@]12[2H]. The number of hydrogen-bond acceptors (Lipinski definition) is 1. The van der Waals surface area contributed by atoms with E-state index >= 15 is 0 Å². The van der Waals surface area contributed by atoms with Crippen LogP contribution in [0.2, 0.25) is 0 Å². The van der Waals surface area contributed by atoms with Gasteiger partial charge in [-0.05, 0) is 34.7 Å². The number of ether oxygens (including phenoxy) is 1. The van der Waals surface area contributed by atoms with Crippen molar-refractivity contribution in [3.63, 3.8) is 0 Å². The Labute approximate surface area is 125 Å². The first-order valence-electron chi connectivity index (χ1n) is 10.2. The van der Waals surface area contributed by atoms with Crippen molar-refractivity contribution in [3.05, 3.63) is 71.8 Å². The Hall–Kier alpha value is -1.60. The van der Waals surface area contributed by atoms with E-state index in [1.54, 1.807) is 36.4 Å². The van der Waals surface area contributed by atoms with Crippen LogP contribution in [0.15, 0.2) is 60.7 Å². The van der Waals surface area contributed by atoms with Crippen LogP contribution < -0.4 is 0 Å². The third-order valence-corrected chi connectivity index (χ3v) is 3.43. The summed E-state index contributed by atoms with van der Waals surface area (Å²) in [4.78, 5) is 0. The first kappa shape index (κ1) is 5.80. The molecule has 0 aromatic heterocycles. The van der Waals surface area contributed by atoms with Gasteiger partial charge in [0.05, 0.1) is 18.6 Å². The standard InChI is InChI=1S/C18H18O/c1-3-7-13(8-4-1)17-15-11-19-12-16(15)18(17)14-9-5-2-6-10-14/h1-10,15-18H,11-12H2/t15-,16+,17+,18-/i11D2,12D2,15D,16D,17D,18D. The molecule has 1 saturated heterocycles. The van der Waals surface area contributed by atoms with Gasteiger partial charge in [0.1, 0.15) is 0 Å². The Bertz CT molecular complexity index is 817. The van der Waals surface area contributed by atoms with Crippen LogP contribution in [0.3, 0.4) is 0 Å². The number of benzene rings is 2. The Balaban J connectivity index is 2.11. The highest BCUT2D eigenvalue weighted by Gasteiger charge is 2.53. The van der Waals surface area contributed by atoms with Crippen LogP contribution in [-0.2, 0) is 4.74 Å². The lowest BCUT2D eigenvalue weighted by atomic mass is 9.54. The fourth-order valence-corrected chi connectivity index (χ4v) is 2.56. The Morgan fingerprint density at radius 3 is 1.63 bits per heavy atom. The van der Waals surface area contributed by atoms with Crippen LogP contribution >= 0.6 is 0 Å². The summed E-state index contributed by atoms with van der Waals surface area (Å²) in [5, 5.41) is 0. The topological polar surface area (TPSA) is 9.23 Å². The zero-order valence-electron chi connectivity index (χ0n) is 18.2. The maximum absolute atomic E-state index is 9.19. The average Bonchev–Trinajstić information content (AvgIpc) is 2.75. The van der Waals surface area contributed by atoms with Crippen molar-refractivity contribution in [2.75, 3.05) is 13.1 Å². The van der Waals surface area contributed by atoms with Gasteiger partial charge in [0.25, 0.3) is 0 Å². The zero-order chi connectivity index (χ0) is 19.9. The highest BCUT2D eigenvalue weighted by molar-refractivity contribution is 5.35. The minimum absolute atomic E-state index is 0.173. The summed E-state index contributed by atoms with van der Waals surface area (Å²) in [5.74, 6) is -9.90. The molecule has 1 heterocycles. The first-order chi connectivity index (χ1) is 12.4. The quantitative estimate of drug-likeness (QED) is 0.795. The van der Waals surface area contributed by atoms with Crippen LogP contribution in [0.5, 0.6) is 0 Å². The van der Waals surface area contributed by atoms with Crippen LogP contribution in [0.4, 0.5) is 0 Å². The van der Waals surface area contributed by atoms with Crippen molar-refractivity contribution in [2.24, 2.45) is 11.8 Å². The molecule has 1 saturated carbocycles. The van der Waals surface area contributed by atoms with E-state index in [1.807, 2.05) is 0 Å². The molecule has 2 aromatic carbocycles. The van der Waals surface area contributed by atoms with Crippen LogP contribution in [0, 0.1) is 11.8 Å². The second-order valence-corrected chi connectivity index (χ2v) is 4.54. The van der Waals surface area contributed by atoms with Gasteiger partial charge in [-0.2, -0.15) is 0 Å². The van der Waals surface area contributed by atoms with E-state index in [2.05, 4.69) is 0 Å². The smallest absolute Gasteiger partial charge is 0.0570 e. The number of fused-ring (bicyclic) bond motifs is 1. The number of hydrogen-bond donors (Lipinski definition) is 0. The second-order valence-electron chi connectivity index (χ2n) is 4.54. The molecule has 2 fully saturated rings. The molecule has 96 valence electrons. The van der Waals surface area contributed by atoms with Crippen LogP contribution in [-0.4, -0.2) is 13.1 Å². The van der Waals surface area contributed by atoms with Gasteiger partial charge in [-0.3, -0.25) is 0 Å². The van der Waals surface area contributed by atoms with Crippen molar-refractivity contribution in [3.8, 4) is 0 Å². The molecule has 0 N–H and O–H groups in total. The molecule has 4 rings (SSSR count). The summed E-state index contributed by atoms with van der Waals surface area (Å²) in [7, 11) is 0. The van der Waals surface area contributed by atoms with E-state index < -0.39 is 36.7 Å². The van der Waals surface area contributed by atoms with Gasteiger partial charge < -0.3 is 4.74 Å². The lowest BCUT2D eigenvalue weighted by Gasteiger charge is -2.48. The molecule has 4 atom stereocenters. The van der Waals surface area contributed by atoms with Gasteiger partial charge in [-0.15, -0.1) is 0 Å². The molecular formula is C18H18O. The van der Waals surface area contributed by atoms with E-state index in [0.717, 1.165) is 0 Å². The third-order valence-electron chi connectivity index (χ3n) is 3.43. The Kier molecular flexibility index (Phi) is 1.37. The lowest BCUT2D eigenvalue weighted by Crippen LogP contribution is -2.42. The van der Waals surface area contributed by atoms with Crippen molar-refractivity contribution in [1.82, 2.24) is 0 Å². The lowest BCUT2D eigenvalue weighted by molar-refractivity contribution is 0.142. The van der Waals surface area contributed by atoms with Gasteiger partial charge in [0, 0.05) is 5.48 Å². The fourth-order valence-electron chi connectivity index (χ4n) is 2.56. The first-order valence-corrected chi connectivity index (χ1v) is 6.23. The fraction of sp³-hybridized carbons (Fsp3) is 0.333. The monoisotopic (exact) mass is 258 g/mol. The van der Waals surface area contributed by atoms with Gasteiger partial charge in [-0.25, -0.2) is 0 Å². The van der Waals surface area contributed by atoms with Crippen molar-refractivity contribution in [2.45, 2.75) is 11.8 Å². The Morgan fingerprint density at radius 1 is 0.789 bits per heavy atom.